The molecular weight excluding hydrogens is 204 g/mol. The smallest absolute Gasteiger partial charge is 0.299 e. The largest absolute Gasteiger partial charge is 0.343 e. The summed E-state index contributed by atoms with van der Waals surface area (Å²) in [6.45, 7) is 0. The van der Waals surface area contributed by atoms with Crippen molar-refractivity contribution in [1.82, 2.24) is 19.7 Å². The number of nitrogens with zero attached hydrogens (tertiary/aromatic N) is 3. The Morgan fingerprint density at radius 3 is 2.81 bits per heavy atom. The second-order valence-electron chi connectivity index (χ2n) is 3.36. The van der Waals surface area contributed by atoms with Crippen molar-refractivity contribution in [3.63, 3.8) is 0 Å². The first-order valence-electron chi connectivity index (χ1n) is 4.83. The molecule has 0 spiro atoms. The van der Waals surface area contributed by atoms with Crippen molar-refractivity contribution < 1.29 is 0 Å². The van der Waals surface area contributed by atoms with E-state index in [1.807, 2.05) is 30.3 Å². The molecule has 2 aromatic heterocycles. The number of nitrogens with one attached hydrogen (secondary N) is 1. The van der Waals surface area contributed by atoms with Gasteiger partial charge in [-0.3, -0.25) is 4.79 Å². The van der Waals surface area contributed by atoms with Gasteiger partial charge >= 0.3 is 0 Å². The fourth-order valence-corrected chi connectivity index (χ4v) is 1.59. The van der Waals surface area contributed by atoms with E-state index in [1.165, 1.54) is 11.0 Å². The minimum absolute atomic E-state index is 0.218. The molecule has 0 bridgehead atoms. The Kier molecular flexibility index (Phi) is 1.83. The predicted octanol–water partition coefficient (Wildman–Crippen LogP) is 1.11. The molecule has 5 nitrogen and oxygen atoms in total. The minimum atomic E-state index is -0.218. The lowest BCUT2D eigenvalue weighted by Gasteiger charge is -2.02. The number of H-pyrrole nitrogens is 1. The van der Waals surface area contributed by atoms with Crippen LogP contribution in [-0.4, -0.2) is 19.7 Å². The Morgan fingerprint density at radius 2 is 2.00 bits per heavy atom. The number of hydrogen-bond acceptors (Lipinski definition) is 3. The van der Waals surface area contributed by atoms with E-state index in [0.717, 1.165) is 5.69 Å². The summed E-state index contributed by atoms with van der Waals surface area (Å²) in [4.78, 5) is 18.8. The summed E-state index contributed by atoms with van der Waals surface area (Å²) >= 11 is 0. The highest BCUT2D eigenvalue weighted by molar-refractivity contribution is 5.72. The molecule has 0 saturated carbocycles. The first-order valence-corrected chi connectivity index (χ1v) is 4.83. The van der Waals surface area contributed by atoms with Crippen LogP contribution in [0.2, 0.25) is 0 Å². The van der Waals surface area contributed by atoms with E-state index in [0.29, 0.717) is 11.0 Å². The number of aromatic nitrogens is 4. The van der Waals surface area contributed by atoms with Gasteiger partial charge < -0.3 is 4.98 Å². The van der Waals surface area contributed by atoms with Gasteiger partial charge in [0.05, 0.1) is 23.7 Å². The zero-order valence-electron chi connectivity index (χ0n) is 8.29. The summed E-state index contributed by atoms with van der Waals surface area (Å²) in [5.41, 5.74) is 1.57. The molecule has 2 heterocycles. The van der Waals surface area contributed by atoms with Crippen molar-refractivity contribution in [2.45, 2.75) is 0 Å². The van der Waals surface area contributed by atoms with Crippen molar-refractivity contribution in [2.75, 3.05) is 0 Å². The topological polar surface area (TPSA) is 63.6 Å². The summed E-state index contributed by atoms with van der Waals surface area (Å²) < 4.78 is 1.34. The lowest BCUT2D eigenvalue weighted by Crippen LogP contribution is -2.20. The maximum atomic E-state index is 12.0. The number of para-hydroxylation sites is 1. The van der Waals surface area contributed by atoms with Crippen LogP contribution in [0.3, 0.4) is 0 Å². The quantitative estimate of drug-likeness (QED) is 0.657. The van der Waals surface area contributed by atoms with Crippen LogP contribution < -0.4 is 5.56 Å². The van der Waals surface area contributed by atoms with Gasteiger partial charge in [0, 0.05) is 0 Å². The number of aromatic amines is 1. The van der Waals surface area contributed by atoms with Crippen molar-refractivity contribution in [2.24, 2.45) is 0 Å². The molecule has 0 fully saturated rings. The van der Waals surface area contributed by atoms with Gasteiger partial charge in [-0.2, -0.15) is 9.78 Å². The Labute approximate surface area is 90.4 Å². The molecule has 3 aromatic rings. The Balaban J connectivity index is 2.33. The number of benzene rings is 1. The van der Waals surface area contributed by atoms with Gasteiger partial charge in [0.2, 0.25) is 0 Å². The van der Waals surface area contributed by atoms with E-state index in [9.17, 15) is 4.79 Å². The number of imidazole rings is 1. The lowest BCUT2D eigenvalue weighted by atomic mass is 10.3. The molecule has 1 N–H and O–H groups in total. The molecule has 5 heteroatoms. The zero-order chi connectivity index (χ0) is 11.0. The number of hydrogen-bond donors (Lipinski definition) is 1. The molecule has 16 heavy (non-hydrogen) atoms. The standard InChI is InChI=1S/C11H8N4O/c16-11-10-9(12-7-13-10)6-14-15(11)8-4-2-1-3-5-8/h1-7H,(H,12,13). The minimum Gasteiger partial charge on any atom is -0.343 e. The van der Waals surface area contributed by atoms with Crippen molar-refractivity contribution in [3.05, 3.63) is 53.2 Å². The Hall–Kier alpha value is -2.43. The number of fused-ring (bicyclic) bond motifs is 1. The molecule has 78 valence electrons. The van der Waals surface area contributed by atoms with Crippen LogP contribution in [-0.2, 0) is 0 Å². The first kappa shape index (κ1) is 8.84. The van der Waals surface area contributed by atoms with Gasteiger partial charge in [0.25, 0.3) is 5.56 Å². The molecule has 0 aliphatic heterocycles. The molecule has 0 aliphatic carbocycles. The first-order chi connectivity index (χ1) is 7.86. The molecule has 0 aliphatic rings. The highest BCUT2D eigenvalue weighted by atomic mass is 16.1. The molecule has 0 saturated heterocycles. The fourth-order valence-electron chi connectivity index (χ4n) is 1.59. The van der Waals surface area contributed by atoms with Crippen LogP contribution in [0.5, 0.6) is 0 Å². The average Bonchev–Trinajstić information content (AvgIpc) is 2.80. The molecule has 1 aromatic carbocycles. The average molecular weight is 212 g/mol. The van der Waals surface area contributed by atoms with Gasteiger partial charge in [0.1, 0.15) is 0 Å². The highest BCUT2D eigenvalue weighted by Crippen LogP contribution is 2.05. The van der Waals surface area contributed by atoms with Crippen molar-refractivity contribution >= 4 is 11.0 Å². The van der Waals surface area contributed by atoms with Gasteiger partial charge in [-0.05, 0) is 12.1 Å². The monoisotopic (exact) mass is 212 g/mol. The molecular formula is C11H8N4O. The van der Waals surface area contributed by atoms with Gasteiger partial charge in [-0.1, -0.05) is 18.2 Å². The van der Waals surface area contributed by atoms with Crippen LogP contribution in [0.15, 0.2) is 47.7 Å². The van der Waals surface area contributed by atoms with E-state index in [2.05, 4.69) is 15.1 Å². The maximum absolute atomic E-state index is 12.0. The summed E-state index contributed by atoms with van der Waals surface area (Å²) in [7, 11) is 0. The third kappa shape index (κ3) is 1.22. The SMILES string of the molecule is O=c1c2nc[nH]c2cnn1-c1ccccc1. The van der Waals surface area contributed by atoms with E-state index < -0.39 is 0 Å². The van der Waals surface area contributed by atoms with Crippen molar-refractivity contribution in [1.29, 1.82) is 0 Å². The summed E-state index contributed by atoms with van der Waals surface area (Å²) in [6.07, 6.45) is 3.08. The highest BCUT2D eigenvalue weighted by Gasteiger charge is 2.06. The van der Waals surface area contributed by atoms with Crippen LogP contribution >= 0.6 is 0 Å². The molecule has 0 atom stereocenters. The van der Waals surface area contributed by atoms with Crippen LogP contribution in [0.4, 0.5) is 0 Å². The second-order valence-corrected chi connectivity index (χ2v) is 3.36. The summed E-state index contributed by atoms with van der Waals surface area (Å²) in [5, 5.41) is 4.08. The van der Waals surface area contributed by atoms with Crippen LogP contribution in [0, 0.1) is 0 Å². The van der Waals surface area contributed by atoms with Gasteiger partial charge in [0.15, 0.2) is 5.52 Å². The van der Waals surface area contributed by atoms with Crippen LogP contribution in [0.25, 0.3) is 16.7 Å². The summed E-state index contributed by atoms with van der Waals surface area (Å²) in [6, 6.07) is 9.26. The zero-order valence-corrected chi connectivity index (χ0v) is 8.29. The van der Waals surface area contributed by atoms with Crippen LogP contribution in [0.1, 0.15) is 0 Å². The fraction of sp³-hybridized carbons (Fsp3) is 0. The van der Waals surface area contributed by atoms with E-state index >= 15 is 0 Å². The molecule has 0 unspecified atom stereocenters. The van der Waals surface area contributed by atoms with E-state index in [1.54, 1.807) is 6.20 Å². The predicted molar refractivity (Wildman–Crippen MR) is 59.5 cm³/mol. The van der Waals surface area contributed by atoms with E-state index in [-0.39, 0.29) is 5.56 Å². The third-order valence-corrected chi connectivity index (χ3v) is 2.37. The van der Waals surface area contributed by atoms with E-state index in [4.69, 9.17) is 0 Å². The Bertz CT molecular complexity index is 684. The van der Waals surface area contributed by atoms with Gasteiger partial charge in [-0.15, -0.1) is 0 Å². The summed E-state index contributed by atoms with van der Waals surface area (Å²) in [5.74, 6) is 0. The lowest BCUT2D eigenvalue weighted by molar-refractivity contribution is 0.818. The van der Waals surface area contributed by atoms with Crippen molar-refractivity contribution in [3.8, 4) is 5.69 Å². The third-order valence-electron chi connectivity index (χ3n) is 2.37. The maximum Gasteiger partial charge on any atom is 0.299 e. The normalized spacial score (nSPS) is 10.8. The Morgan fingerprint density at radius 1 is 1.19 bits per heavy atom. The number of rotatable bonds is 1. The molecule has 0 amide bonds. The second kappa shape index (κ2) is 3.30. The molecule has 3 rings (SSSR count). The molecule has 0 radical (unpaired) electrons. The van der Waals surface area contributed by atoms with Gasteiger partial charge in [-0.25, -0.2) is 4.98 Å².